The van der Waals surface area contributed by atoms with Gasteiger partial charge in [0, 0.05) is 6.20 Å². The third-order valence-corrected chi connectivity index (χ3v) is 2.19. The number of aromatic amines is 1. The fraction of sp³-hybridized carbons (Fsp3) is 0. The predicted octanol–water partition coefficient (Wildman–Crippen LogP) is 1.03. The van der Waals surface area contributed by atoms with Crippen molar-refractivity contribution >= 4 is 11.3 Å². The molecule has 4 nitrogen and oxygen atoms in total. The number of H-pyrrole nitrogens is 1. The second-order valence-corrected chi connectivity index (χ2v) is 3.20. The molecule has 0 unspecified atom stereocenters. The van der Waals surface area contributed by atoms with Crippen molar-refractivity contribution in [1.29, 1.82) is 0 Å². The number of hydrogen-bond donors (Lipinski definition) is 1. The van der Waals surface area contributed by atoms with Crippen LogP contribution in [0.2, 0.25) is 0 Å². The quantitative estimate of drug-likeness (QED) is 0.742. The van der Waals surface area contributed by atoms with Crippen molar-refractivity contribution in [2.24, 2.45) is 0 Å². The van der Waals surface area contributed by atoms with Gasteiger partial charge in [-0.3, -0.25) is 4.79 Å². The van der Waals surface area contributed by atoms with Crippen LogP contribution in [0.25, 0.3) is 10.6 Å². The fourth-order valence-corrected chi connectivity index (χ4v) is 1.50. The van der Waals surface area contributed by atoms with Crippen molar-refractivity contribution in [3.8, 4) is 10.6 Å². The van der Waals surface area contributed by atoms with E-state index in [2.05, 4.69) is 15.2 Å². The van der Waals surface area contributed by atoms with E-state index < -0.39 is 5.26 Å². The Hall–Kier alpha value is -1.56. The van der Waals surface area contributed by atoms with Crippen LogP contribution in [0.3, 0.4) is 0 Å². The molecular formula is C7H4FN3OS. The molecule has 0 bridgehead atoms. The summed E-state index contributed by atoms with van der Waals surface area (Å²) >= 11 is 0.746. The number of rotatable bonds is 1. The Bertz CT molecular complexity index is 478. The summed E-state index contributed by atoms with van der Waals surface area (Å²) < 4.78 is 12.5. The normalized spacial score (nSPS) is 10.2. The summed E-state index contributed by atoms with van der Waals surface area (Å²) in [6, 6.07) is 3.22. The first kappa shape index (κ1) is 8.06. The van der Waals surface area contributed by atoms with E-state index in [-0.39, 0.29) is 5.56 Å². The highest BCUT2D eigenvalue weighted by Crippen LogP contribution is 2.18. The molecule has 0 fully saturated rings. The molecule has 1 N–H and O–H groups in total. The Morgan fingerprint density at radius 1 is 1.46 bits per heavy atom. The molecule has 0 aliphatic heterocycles. The Morgan fingerprint density at radius 2 is 2.31 bits per heavy atom. The smallest absolute Gasteiger partial charge is 0.289 e. The second kappa shape index (κ2) is 3.06. The Morgan fingerprint density at radius 3 is 2.92 bits per heavy atom. The maximum Gasteiger partial charge on any atom is 0.289 e. The molecule has 0 aliphatic carbocycles. The van der Waals surface area contributed by atoms with E-state index in [0.717, 1.165) is 11.3 Å². The van der Waals surface area contributed by atoms with Gasteiger partial charge in [-0.2, -0.15) is 4.39 Å². The highest BCUT2D eigenvalue weighted by atomic mass is 32.1. The highest BCUT2D eigenvalue weighted by Gasteiger charge is 2.08. The number of halogens is 1. The first-order valence-corrected chi connectivity index (χ1v) is 4.26. The van der Waals surface area contributed by atoms with Gasteiger partial charge in [0.05, 0.1) is 5.56 Å². The van der Waals surface area contributed by atoms with Crippen LogP contribution in [0.5, 0.6) is 0 Å². The standard InChI is InChI=1S/C7H4FN3OS/c8-7-11-10-6(13-7)4-2-1-3-9-5(4)12/h1-3H,(H,9,12). The van der Waals surface area contributed by atoms with E-state index in [9.17, 15) is 9.18 Å². The lowest BCUT2D eigenvalue weighted by molar-refractivity contribution is 0.601. The predicted molar refractivity (Wildman–Crippen MR) is 45.9 cm³/mol. The molecule has 0 saturated carbocycles. The van der Waals surface area contributed by atoms with Crippen molar-refractivity contribution < 1.29 is 4.39 Å². The van der Waals surface area contributed by atoms with Gasteiger partial charge in [0.2, 0.25) is 0 Å². The molecule has 2 rings (SSSR count). The maximum absolute atomic E-state index is 12.5. The zero-order valence-corrected chi connectivity index (χ0v) is 7.14. The number of nitrogens with zero attached hydrogens (tertiary/aromatic N) is 2. The molecule has 66 valence electrons. The van der Waals surface area contributed by atoms with Crippen LogP contribution in [0.1, 0.15) is 0 Å². The van der Waals surface area contributed by atoms with Gasteiger partial charge in [0.25, 0.3) is 10.8 Å². The molecule has 6 heteroatoms. The topological polar surface area (TPSA) is 58.6 Å². The zero-order valence-electron chi connectivity index (χ0n) is 6.32. The zero-order chi connectivity index (χ0) is 9.26. The molecule has 13 heavy (non-hydrogen) atoms. The lowest BCUT2D eigenvalue weighted by atomic mass is 10.3. The van der Waals surface area contributed by atoms with E-state index in [1.807, 2.05) is 0 Å². The molecule has 2 aromatic heterocycles. The van der Waals surface area contributed by atoms with E-state index in [1.54, 1.807) is 12.1 Å². The summed E-state index contributed by atoms with van der Waals surface area (Å²) in [6.07, 6.45) is 1.50. The average Bonchev–Trinajstić information content (AvgIpc) is 2.53. The van der Waals surface area contributed by atoms with E-state index in [1.165, 1.54) is 6.20 Å². The highest BCUT2D eigenvalue weighted by molar-refractivity contribution is 7.13. The Kier molecular flexibility index (Phi) is 1.90. The molecule has 0 radical (unpaired) electrons. The fourth-order valence-electron chi connectivity index (χ4n) is 0.904. The SMILES string of the molecule is O=c1[nH]cccc1-c1nnc(F)s1. The van der Waals surface area contributed by atoms with Gasteiger partial charge in [-0.1, -0.05) is 11.3 Å². The van der Waals surface area contributed by atoms with Crippen LogP contribution in [-0.2, 0) is 0 Å². The van der Waals surface area contributed by atoms with Crippen molar-refractivity contribution in [2.75, 3.05) is 0 Å². The number of hydrogen-bond acceptors (Lipinski definition) is 4. The van der Waals surface area contributed by atoms with Gasteiger partial charge in [-0.15, -0.1) is 10.2 Å². The largest absolute Gasteiger partial charge is 0.329 e. The molecule has 2 heterocycles. The molecule has 0 atom stereocenters. The van der Waals surface area contributed by atoms with Crippen LogP contribution in [0.15, 0.2) is 23.1 Å². The van der Waals surface area contributed by atoms with Crippen LogP contribution >= 0.6 is 11.3 Å². The van der Waals surface area contributed by atoms with Crippen molar-refractivity contribution in [1.82, 2.24) is 15.2 Å². The summed E-state index contributed by atoms with van der Waals surface area (Å²) in [5, 5.41) is 6.35. The van der Waals surface area contributed by atoms with Gasteiger partial charge >= 0.3 is 0 Å². The van der Waals surface area contributed by atoms with Gasteiger partial charge in [-0.25, -0.2) is 0 Å². The van der Waals surface area contributed by atoms with Gasteiger partial charge in [0.1, 0.15) is 0 Å². The number of nitrogens with one attached hydrogen (secondary N) is 1. The first-order valence-electron chi connectivity index (χ1n) is 3.44. The molecular weight excluding hydrogens is 193 g/mol. The molecule has 0 amide bonds. The summed E-state index contributed by atoms with van der Waals surface area (Å²) in [6.45, 7) is 0. The Balaban J connectivity index is 2.59. The monoisotopic (exact) mass is 197 g/mol. The van der Waals surface area contributed by atoms with Gasteiger partial charge in [-0.05, 0) is 12.1 Å². The maximum atomic E-state index is 12.5. The summed E-state index contributed by atoms with van der Waals surface area (Å²) in [4.78, 5) is 13.7. The van der Waals surface area contributed by atoms with Crippen LogP contribution in [-0.4, -0.2) is 15.2 Å². The molecule has 0 aliphatic rings. The Labute approximate surface area is 76.1 Å². The van der Waals surface area contributed by atoms with Gasteiger partial charge < -0.3 is 4.98 Å². The summed E-state index contributed by atoms with van der Waals surface area (Å²) in [7, 11) is 0. The van der Waals surface area contributed by atoms with E-state index in [4.69, 9.17) is 0 Å². The van der Waals surface area contributed by atoms with Crippen molar-refractivity contribution in [3.05, 3.63) is 33.9 Å². The van der Waals surface area contributed by atoms with Crippen LogP contribution in [0.4, 0.5) is 4.39 Å². The average molecular weight is 197 g/mol. The minimum absolute atomic E-state index is 0.291. The summed E-state index contributed by atoms with van der Waals surface area (Å²) in [5.74, 6) is 0. The van der Waals surface area contributed by atoms with E-state index >= 15 is 0 Å². The minimum Gasteiger partial charge on any atom is -0.329 e. The van der Waals surface area contributed by atoms with Crippen LogP contribution < -0.4 is 5.56 Å². The minimum atomic E-state index is -0.641. The second-order valence-electron chi connectivity index (χ2n) is 2.27. The third kappa shape index (κ3) is 1.48. The van der Waals surface area contributed by atoms with Crippen molar-refractivity contribution in [3.63, 3.8) is 0 Å². The lowest BCUT2D eigenvalue weighted by Gasteiger charge is -1.90. The first-order chi connectivity index (χ1) is 6.27. The van der Waals surface area contributed by atoms with Gasteiger partial charge in [0.15, 0.2) is 5.01 Å². The number of pyridine rings is 1. The molecule has 2 aromatic rings. The molecule has 0 saturated heterocycles. The molecule has 0 aromatic carbocycles. The third-order valence-electron chi connectivity index (χ3n) is 1.45. The summed E-state index contributed by atoms with van der Waals surface area (Å²) in [5.41, 5.74) is 0.0440. The lowest BCUT2D eigenvalue weighted by Crippen LogP contribution is -2.06. The number of aromatic nitrogens is 3. The van der Waals surface area contributed by atoms with E-state index in [0.29, 0.717) is 10.6 Å². The van der Waals surface area contributed by atoms with Crippen LogP contribution in [0, 0.1) is 5.26 Å². The molecule has 0 spiro atoms. The van der Waals surface area contributed by atoms with Crippen molar-refractivity contribution in [2.45, 2.75) is 0 Å².